The largest absolute Gasteiger partial charge is 0.371 e. The molecule has 2 heterocycles. The molecule has 0 aromatic carbocycles. The summed E-state index contributed by atoms with van der Waals surface area (Å²) in [5.74, 6) is 0.496. The number of nitrogens with two attached hydrogens (primary N) is 1. The average Bonchev–Trinajstić information content (AvgIpc) is 2.53. The number of likely N-dealkylation sites (N-methyl/N-ethyl adjacent to an activating group) is 1. The van der Waals surface area contributed by atoms with Gasteiger partial charge < -0.3 is 10.6 Å². The zero-order valence-electron chi connectivity index (χ0n) is 13.0. The van der Waals surface area contributed by atoms with E-state index in [-0.39, 0.29) is 11.9 Å². The number of nitrogens with zero attached hydrogens (tertiary/aromatic N) is 3. The molecule has 1 aliphatic rings. The fourth-order valence-electron chi connectivity index (χ4n) is 2.83. The van der Waals surface area contributed by atoms with Gasteiger partial charge in [-0.2, -0.15) is 0 Å². The van der Waals surface area contributed by atoms with Crippen LogP contribution in [0.25, 0.3) is 0 Å². The van der Waals surface area contributed by atoms with Gasteiger partial charge in [-0.15, -0.1) is 0 Å². The zero-order valence-corrected chi connectivity index (χ0v) is 13.0. The topological polar surface area (TPSA) is 62.5 Å². The Morgan fingerprint density at radius 1 is 1.43 bits per heavy atom. The molecule has 1 aliphatic heterocycles. The number of piperidine rings is 1. The molecule has 1 aromatic heterocycles. The zero-order chi connectivity index (χ0) is 15.2. The minimum atomic E-state index is -0.245. The first-order valence-electron chi connectivity index (χ1n) is 7.72. The lowest BCUT2D eigenvalue weighted by Gasteiger charge is -2.34. The molecule has 5 nitrogen and oxygen atoms in total. The highest BCUT2D eigenvalue weighted by Gasteiger charge is 2.21. The third-order valence-electron chi connectivity index (χ3n) is 4.61. The number of amides is 1. The highest BCUT2D eigenvalue weighted by Crippen LogP contribution is 2.24. The van der Waals surface area contributed by atoms with Crippen LogP contribution in [-0.4, -0.2) is 48.5 Å². The molecule has 1 fully saturated rings. The lowest BCUT2D eigenvalue weighted by molar-refractivity contribution is -0.122. The van der Waals surface area contributed by atoms with Crippen LogP contribution >= 0.6 is 0 Å². The van der Waals surface area contributed by atoms with Crippen molar-refractivity contribution < 1.29 is 4.79 Å². The summed E-state index contributed by atoms with van der Waals surface area (Å²) in [6.07, 6.45) is 7.25. The first-order chi connectivity index (χ1) is 10.1. The molecule has 21 heavy (non-hydrogen) atoms. The molecule has 2 N–H and O–H groups in total. The van der Waals surface area contributed by atoms with Crippen LogP contribution in [0.15, 0.2) is 24.5 Å². The Labute approximate surface area is 127 Å². The molecule has 1 amide bonds. The minimum Gasteiger partial charge on any atom is -0.371 e. The van der Waals surface area contributed by atoms with Crippen LogP contribution in [0.3, 0.4) is 0 Å². The quantitative estimate of drug-likeness (QED) is 0.862. The normalized spacial score (nSPS) is 18.0. The van der Waals surface area contributed by atoms with E-state index in [1.54, 1.807) is 0 Å². The summed E-state index contributed by atoms with van der Waals surface area (Å²) in [7, 11) is 1.97. The molecule has 0 saturated carbocycles. The number of aromatic nitrogens is 1. The van der Waals surface area contributed by atoms with E-state index in [9.17, 15) is 4.79 Å². The van der Waals surface area contributed by atoms with Gasteiger partial charge in [0.1, 0.15) is 0 Å². The molecule has 1 unspecified atom stereocenters. The van der Waals surface area contributed by atoms with Crippen molar-refractivity contribution in [1.29, 1.82) is 0 Å². The fraction of sp³-hybridized carbons (Fsp3) is 0.625. The maximum absolute atomic E-state index is 11.2. The SMILES string of the molecule is CC(C(N)=O)N(C)CCC1CCN(c2ccncc2)CC1. The summed E-state index contributed by atoms with van der Waals surface area (Å²) in [6, 6.07) is 3.97. The standard InChI is InChI=1S/C16H26N4O/c1-13(16(17)21)19(2)10-5-14-6-11-20(12-7-14)15-3-8-18-9-4-15/h3-4,8-9,13-14H,5-7,10-12H2,1-2H3,(H2,17,21). The maximum Gasteiger partial charge on any atom is 0.234 e. The Kier molecular flexibility index (Phi) is 5.56. The lowest BCUT2D eigenvalue weighted by atomic mass is 9.93. The Morgan fingerprint density at radius 2 is 2.05 bits per heavy atom. The monoisotopic (exact) mass is 290 g/mol. The number of rotatable bonds is 6. The van der Waals surface area contributed by atoms with Crippen LogP contribution in [0.1, 0.15) is 26.2 Å². The lowest BCUT2D eigenvalue weighted by Crippen LogP contribution is -2.41. The van der Waals surface area contributed by atoms with Crippen molar-refractivity contribution in [3.05, 3.63) is 24.5 Å². The van der Waals surface area contributed by atoms with Crippen molar-refractivity contribution >= 4 is 11.6 Å². The van der Waals surface area contributed by atoms with Gasteiger partial charge >= 0.3 is 0 Å². The number of anilines is 1. The summed E-state index contributed by atoms with van der Waals surface area (Å²) in [6.45, 7) is 5.01. The van der Waals surface area contributed by atoms with Gasteiger partial charge in [0.2, 0.25) is 5.91 Å². The number of carbonyl (C=O) groups excluding carboxylic acids is 1. The molecule has 1 saturated heterocycles. The van der Waals surface area contributed by atoms with E-state index in [4.69, 9.17) is 5.73 Å². The third kappa shape index (κ3) is 4.43. The molecule has 0 aliphatic carbocycles. The van der Waals surface area contributed by atoms with Crippen molar-refractivity contribution in [3.63, 3.8) is 0 Å². The molecule has 5 heteroatoms. The van der Waals surface area contributed by atoms with E-state index >= 15 is 0 Å². The first-order valence-corrected chi connectivity index (χ1v) is 7.72. The van der Waals surface area contributed by atoms with E-state index in [1.165, 1.54) is 18.5 Å². The summed E-state index contributed by atoms with van der Waals surface area (Å²) in [5, 5.41) is 0. The summed E-state index contributed by atoms with van der Waals surface area (Å²) in [5.41, 5.74) is 6.60. The second-order valence-electron chi connectivity index (χ2n) is 5.98. The van der Waals surface area contributed by atoms with Gasteiger partial charge in [-0.3, -0.25) is 14.7 Å². The van der Waals surface area contributed by atoms with Gasteiger partial charge in [-0.05, 0) is 57.8 Å². The smallest absolute Gasteiger partial charge is 0.234 e. The third-order valence-corrected chi connectivity index (χ3v) is 4.61. The summed E-state index contributed by atoms with van der Waals surface area (Å²) in [4.78, 5) is 19.7. The molecule has 0 radical (unpaired) electrons. The van der Waals surface area contributed by atoms with Gasteiger partial charge in [0, 0.05) is 31.2 Å². The van der Waals surface area contributed by atoms with Crippen molar-refractivity contribution in [1.82, 2.24) is 9.88 Å². The Bertz CT molecular complexity index is 443. The minimum absolute atomic E-state index is 0.179. The molecule has 1 atom stereocenters. The van der Waals surface area contributed by atoms with Gasteiger partial charge in [0.25, 0.3) is 0 Å². The highest BCUT2D eigenvalue weighted by atomic mass is 16.1. The van der Waals surface area contributed by atoms with Crippen molar-refractivity contribution in [2.45, 2.75) is 32.2 Å². The first kappa shape index (κ1) is 15.8. The van der Waals surface area contributed by atoms with Crippen molar-refractivity contribution in [3.8, 4) is 0 Å². The second kappa shape index (κ2) is 7.41. The molecule has 116 valence electrons. The van der Waals surface area contributed by atoms with Crippen LogP contribution in [0.4, 0.5) is 5.69 Å². The highest BCUT2D eigenvalue weighted by molar-refractivity contribution is 5.79. The Morgan fingerprint density at radius 3 is 2.62 bits per heavy atom. The molecular formula is C16H26N4O. The number of hydrogen-bond acceptors (Lipinski definition) is 4. The van der Waals surface area contributed by atoms with E-state index < -0.39 is 0 Å². The molecule has 1 aromatic rings. The molecule has 2 rings (SSSR count). The number of pyridine rings is 1. The van der Waals surface area contributed by atoms with Crippen LogP contribution in [0.5, 0.6) is 0 Å². The van der Waals surface area contributed by atoms with Gasteiger partial charge in [0.05, 0.1) is 6.04 Å². The predicted octanol–water partition coefficient (Wildman–Crippen LogP) is 1.49. The van der Waals surface area contributed by atoms with Crippen LogP contribution < -0.4 is 10.6 Å². The van der Waals surface area contributed by atoms with Crippen LogP contribution in [-0.2, 0) is 4.79 Å². The van der Waals surface area contributed by atoms with E-state index in [1.807, 2.05) is 26.4 Å². The molecule has 0 bridgehead atoms. The Hall–Kier alpha value is -1.62. The summed E-state index contributed by atoms with van der Waals surface area (Å²) >= 11 is 0. The van der Waals surface area contributed by atoms with Crippen molar-refractivity contribution in [2.75, 3.05) is 31.6 Å². The fourth-order valence-corrected chi connectivity index (χ4v) is 2.83. The van der Waals surface area contributed by atoms with E-state index in [0.717, 1.165) is 32.0 Å². The number of carbonyl (C=O) groups is 1. The average molecular weight is 290 g/mol. The molecule has 0 spiro atoms. The van der Waals surface area contributed by atoms with Gasteiger partial charge in [-0.1, -0.05) is 0 Å². The second-order valence-corrected chi connectivity index (χ2v) is 5.98. The van der Waals surface area contributed by atoms with Crippen LogP contribution in [0.2, 0.25) is 0 Å². The van der Waals surface area contributed by atoms with Crippen molar-refractivity contribution in [2.24, 2.45) is 11.7 Å². The summed E-state index contributed by atoms with van der Waals surface area (Å²) < 4.78 is 0. The van der Waals surface area contributed by atoms with E-state index in [2.05, 4.69) is 26.9 Å². The Balaban J connectivity index is 1.73. The van der Waals surface area contributed by atoms with Gasteiger partial charge in [-0.25, -0.2) is 0 Å². The maximum atomic E-state index is 11.2. The number of hydrogen-bond donors (Lipinski definition) is 1. The molecular weight excluding hydrogens is 264 g/mol. The van der Waals surface area contributed by atoms with Gasteiger partial charge in [0.15, 0.2) is 0 Å². The number of primary amides is 1. The predicted molar refractivity (Wildman–Crippen MR) is 85.1 cm³/mol. The van der Waals surface area contributed by atoms with Crippen LogP contribution in [0, 0.1) is 5.92 Å². The van der Waals surface area contributed by atoms with E-state index in [0.29, 0.717) is 0 Å².